The lowest BCUT2D eigenvalue weighted by atomic mass is 9.94. The average Bonchev–Trinajstić information content (AvgIpc) is 3.32. The summed E-state index contributed by atoms with van der Waals surface area (Å²) >= 11 is 1.73. The summed E-state index contributed by atoms with van der Waals surface area (Å²) in [6.45, 7) is 9.99. The van der Waals surface area contributed by atoms with Crippen LogP contribution in [0.2, 0.25) is 0 Å². The maximum absolute atomic E-state index is 13.1. The standard InChI is InChI=1S/C19H26N6OS/c1-12(10-25-15(4)20-13(2)22-25)18(26)23-7-5-6-16(11-23)17-19-24(8-9-27-19)14(3)21-17/h8-9,12,16H,5-7,10-11H2,1-4H3/t12-,16+/m0/s1. The number of thiazole rings is 1. The summed E-state index contributed by atoms with van der Waals surface area (Å²) in [4.78, 5) is 25.4. The van der Waals surface area contributed by atoms with Gasteiger partial charge in [-0.1, -0.05) is 6.92 Å². The third-order valence-corrected chi connectivity index (χ3v) is 6.30. The van der Waals surface area contributed by atoms with Gasteiger partial charge in [0.05, 0.1) is 18.2 Å². The highest BCUT2D eigenvalue weighted by Gasteiger charge is 2.30. The third kappa shape index (κ3) is 3.38. The van der Waals surface area contributed by atoms with Crippen LogP contribution in [0.25, 0.3) is 4.83 Å². The van der Waals surface area contributed by atoms with Gasteiger partial charge >= 0.3 is 0 Å². The van der Waals surface area contributed by atoms with Crippen molar-refractivity contribution < 1.29 is 4.79 Å². The first-order chi connectivity index (χ1) is 12.9. The van der Waals surface area contributed by atoms with Gasteiger partial charge in [0.2, 0.25) is 5.91 Å². The number of fused-ring (bicyclic) bond motifs is 1. The van der Waals surface area contributed by atoms with Crippen LogP contribution in [0.1, 0.15) is 48.9 Å². The number of aryl methyl sites for hydroxylation is 3. The first-order valence-electron chi connectivity index (χ1n) is 9.53. The van der Waals surface area contributed by atoms with Gasteiger partial charge < -0.3 is 4.90 Å². The predicted octanol–water partition coefficient (Wildman–Crippen LogP) is 2.95. The molecule has 144 valence electrons. The highest BCUT2D eigenvalue weighted by molar-refractivity contribution is 7.15. The second-order valence-electron chi connectivity index (χ2n) is 7.54. The fourth-order valence-corrected chi connectivity index (χ4v) is 5.00. The molecule has 7 nitrogen and oxygen atoms in total. The quantitative estimate of drug-likeness (QED) is 0.691. The van der Waals surface area contributed by atoms with Gasteiger partial charge in [-0.15, -0.1) is 11.3 Å². The predicted molar refractivity (Wildman–Crippen MR) is 105 cm³/mol. The van der Waals surface area contributed by atoms with Crippen molar-refractivity contribution in [1.82, 2.24) is 29.0 Å². The maximum atomic E-state index is 13.1. The van der Waals surface area contributed by atoms with Gasteiger partial charge in [-0.05, 0) is 33.6 Å². The number of amides is 1. The van der Waals surface area contributed by atoms with Crippen molar-refractivity contribution in [2.45, 2.75) is 53.0 Å². The largest absolute Gasteiger partial charge is 0.342 e. The van der Waals surface area contributed by atoms with Crippen LogP contribution in [0, 0.1) is 26.7 Å². The summed E-state index contributed by atoms with van der Waals surface area (Å²) in [5, 5.41) is 6.50. The molecule has 0 aromatic carbocycles. The van der Waals surface area contributed by atoms with E-state index in [1.807, 2.05) is 37.3 Å². The molecule has 0 unspecified atom stereocenters. The molecule has 8 heteroatoms. The molecule has 1 aliphatic heterocycles. The molecule has 1 fully saturated rings. The monoisotopic (exact) mass is 386 g/mol. The Morgan fingerprint density at radius 3 is 2.85 bits per heavy atom. The van der Waals surface area contributed by atoms with E-state index >= 15 is 0 Å². The molecular weight excluding hydrogens is 360 g/mol. The van der Waals surface area contributed by atoms with E-state index in [-0.39, 0.29) is 11.8 Å². The molecule has 0 N–H and O–H groups in total. The molecule has 0 aliphatic carbocycles. The molecule has 3 aromatic heterocycles. The second-order valence-corrected chi connectivity index (χ2v) is 8.43. The van der Waals surface area contributed by atoms with Gasteiger partial charge in [0.25, 0.3) is 0 Å². The van der Waals surface area contributed by atoms with Gasteiger partial charge in [-0.2, -0.15) is 5.10 Å². The summed E-state index contributed by atoms with van der Waals surface area (Å²) in [7, 11) is 0. The first-order valence-corrected chi connectivity index (χ1v) is 10.4. The Hall–Kier alpha value is -2.22. The molecule has 27 heavy (non-hydrogen) atoms. The lowest BCUT2D eigenvalue weighted by molar-refractivity contribution is -0.136. The van der Waals surface area contributed by atoms with Crippen LogP contribution >= 0.6 is 11.3 Å². The van der Waals surface area contributed by atoms with E-state index in [4.69, 9.17) is 4.98 Å². The fourth-order valence-electron chi connectivity index (χ4n) is 4.04. The normalized spacial score (nSPS) is 19.0. The summed E-state index contributed by atoms with van der Waals surface area (Å²) in [5.74, 6) is 3.03. The number of nitrogens with zero attached hydrogens (tertiary/aromatic N) is 6. The van der Waals surface area contributed by atoms with Crippen LogP contribution in [0.4, 0.5) is 0 Å². The number of imidazole rings is 1. The van der Waals surface area contributed by atoms with Crippen molar-refractivity contribution >= 4 is 22.1 Å². The summed E-state index contributed by atoms with van der Waals surface area (Å²) < 4.78 is 3.99. The van der Waals surface area contributed by atoms with E-state index in [0.717, 1.165) is 49.1 Å². The molecule has 0 bridgehead atoms. The van der Waals surface area contributed by atoms with Crippen molar-refractivity contribution in [3.8, 4) is 0 Å². The molecule has 1 aliphatic rings. The molecule has 1 saturated heterocycles. The Bertz CT molecular complexity index is 970. The molecule has 0 radical (unpaired) electrons. The molecule has 4 heterocycles. The third-order valence-electron chi connectivity index (χ3n) is 5.41. The smallest absolute Gasteiger partial charge is 0.227 e. The summed E-state index contributed by atoms with van der Waals surface area (Å²) in [6.07, 6.45) is 4.18. The minimum absolute atomic E-state index is 0.117. The lowest BCUT2D eigenvalue weighted by Crippen LogP contribution is -2.42. The lowest BCUT2D eigenvalue weighted by Gasteiger charge is -2.33. The van der Waals surface area contributed by atoms with Crippen molar-refractivity contribution in [2.24, 2.45) is 5.92 Å². The Kier molecular flexibility index (Phi) is 4.75. The van der Waals surface area contributed by atoms with Gasteiger partial charge in [0.1, 0.15) is 22.3 Å². The highest BCUT2D eigenvalue weighted by atomic mass is 32.1. The second kappa shape index (κ2) is 7.07. The zero-order valence-corrected chi connectivity index (χ0v) is 17.2. The number of carbonyl (C=O) groups excluding carboxylic acids is 1. The van der Waals surface area contributed by atoms with E-state index in [9.17, 15) is 4.79 Å². The molecule has 0 spiro atoms. The molecule has 3 aromatic rings. The van der Waals surface area contributed by atoms with Crippen molar-refractivity contribution in [3.05, 3.63) is 34.7 Å². The van der Waals surface area contributed by atoms with Crippen LogP contribution in [-0.2, 0) is 11.3 Å². The maximum Gasteiger partial charge on any atom is 0.227 e. The Morgan fingerprint density at radius 1 is 1.30 bits per heavy atom. The van der Waals surface area contributed by atoms with Crippen LogP contribution in [-0.4, -0.2) is 48.0 Å². The van der Waals surface area contributed by atoms with Gasteiger partial charge in [-0.25, -0.2) is 14.6 Å². The number of aromatic nitrogens is 5. The molecule has 4 rings (SSSR count). The highest BCUT2D eigenvalue weighted by Crippen LogP contribution is 2.32. The van der Waals surface area contributed by atoms with Crippen molar-refractivity contribution in [3.63, 3.8) is 0 Å². The van der Waals surface area contributed by atoms with Crippen LogP contribution < -0.4 is 0 Å². The summed E-state index contributed by atoms with van der Waals surface area (Å²) in [5.41, 5.74) is 1.15. The number of piperidine rings is 1. The fraction of sp³-hybridized carbons (Fsp3) is 0.579. The van der Waals surface area contributed by atoms with E-state index in [1.54, 1.807) is 11.3 Å². The average molecular weight is 387 g/mol. The van der Waals surface area contributed by atoms with E-state index < -0.39 is 0 Å². The van der Waals surface area contributed by atoms with Crippen molar-refractivity contribution in [2.75, 3.05) is 13.1 Å². The van der Waals surface area contributed by atoms with Crippen LogP contribution in [0.3, 0.4) is 0 Å². The van der Waals surface area contributed by atoms with Crippen LogP contribution in [0.15, 0.2) is 11.6 Å². The van der Waals surface area contributed by atoms with Crippen molar-refractivity contribution in [1.29, 1.82) is 0 Å². The minimum atomic E-state index is -0.117. The number of hydrogen-bond acceptors (Lipinski definition) is 5. The zero-order valence-electron chi connectivity index (χ0n) is 16.3. The number of hydrogen-bond donors (Lipinski definition) is 0. The number of carbonyl (C=O) groups is 1. The van der Waals surface area contributed by atoms with Gasteiger partial charge in [-0.3, -0.25) is 9.20 Å². The van der Waals surface area contributed by atoms with E-state index in [0.29, 0.717) is 12.5 Å². The number of rotatable bonds is 4. The summed E-state index contributed by atoms with van der Waals surface area (Å²) in [6, 6.07) is 0. The zero-order chi connectivity index (χ0) is 19.1. The molecule has 1 amide bonds. The Balaban J connectivity index is 1.48. The molecule has 0 saturated carbocycles. The van der Waals surface area contributed by atoms with Crippen LogP contribution in [0.5, 0.6) is 0 Å². The SMILES string of the molecule is Cc1nc(C)n(C[C@H](C)C(=O)N2CCC[C@@H](c3nc(C)n4ccsc34)C2)n1. The van der Waals surface area contributed by atoms with E-state index in [1.165, 1.54) is 4.83 Å². The topological polar surface area (TPSA) is 68.3 Å². The van der Waals surface area contributed by atoms with E-state index in [2.05, 4.69) is 26.1 Å². The molecular formula is C19H26N6OS. The Labute approximate surface area is 163 Å². The van der Waals surface area contributed by atoms with Gasteiger partial charge in [0, 0.05) is 30.6 Å². The minimum Gasteiger partial charge on any atom is -0.342 e. The van der Waals surface area contributed by atoms with Gasteiger partial charge in [0.15, 0.2) is 0 Å². The first kappa shape index (κ1) is 18.2. The molecule has 2 atom stereocenters. The Morgan fingerprint density at radius 2 is 2.11 bits per heavy atom. The number of likely N-dealkylation sites (tertiary alicyclic amines) is 1.